The molecule has 0 aliphatic carbocycles. The standard InChI is InChI=1S/C11H17N3O2S/c1-9(11-4-2-3-6-13-11)17(15,16)14-10-5-7-12-8-10/h2-4,6,9-10,12,14H,5,7-8H2,1H3/t9-,10+/m0/s1. The summed E-state index contributed by atoms with van der Waals surface area (Å²) in [5, 5.41) is 2.51. The Kier molecular flexibility index (Phi) is 3.76. The third-order valence-electron chi connectivity index (χ3n) is 2.96. The number of hydrogen-bond acceptors (Lipinski definition) is 4. The van der Waals surface area contributed by atoms with Crippen LogP contribution in [0, 0.1) is 0 Å². The molecule has 2 atom stereocenters. The van der Waals surface area contributed by atoms with Gasteiger partial charge in [-0.2, -0.15) is 0 Å². The maximum Gasteiger partial charge on any atom is 0.220 e. The van der Waals surface area contributed by atoms with Crippen LogP contribution >= 0.6 is 0 Å². The molecule has 0 radical (unpaired) electrons. The highest BCUT2D eigenvalue weighted by Crippen LogP contribution is 2.19. The van der Waals surface area contributed by atoms with Gasteiger partial charge in [-0.15, -0.1) is 0 Å². The number of hydrogen-bond donors (Lipinski definition) is 2. The van der Waals surface area contributed by atoms with Crippen molar-refractivity contribution < 1.29 is 8.42 Å². The Bertz CT molecular complexity index is 455. The molecule has 5 nitrogen and oxygen atoms in total. The number of pyridine rings is 1. The number of rotatable bonds is 4. The fourth-order valence-electron chi connectivity index (χ4n) is 1.87. The van der Waals surface area contributed by atoms with Crippen LogP contribution < -0.4 is 10.0 Å². The van der Waals surface area contributed by atoms with Gasteiger partial charge in [-0.25, -0.2) is 13.1 Å². The van der Waals surface area contributed by atoms with E-state index in [9.17, 15) is 8.42 Å². The molecule has 1 aromatic heterocycles. The van der Waals surface area contributed by atoms with Gasteiger partial charge in [0, 0.05) is 18.8 Å². The summed E-state index contributed by atoms with van der Waals surface area (Å²) in [5.41, 5.74) is 0.575. The van der Waals surface area contributed by atoms with Gasteiger partial charge < -0.3 is 5.32 Å². The third-order valence-corrected chi connectivity index (χ3v) is 4.80. The first-order valence-corrected chi connectivity index (χ1v) is 7.27. The molecular formula is C11H17N3O2S. The lowest BCUT2D eigenvalue weighted by Crippen LogP contribution is -2.38. The second-order valence-corrected chi connectivity index (χ2v) is 6.28. The summed E-state index contributed by atoms with van der Waals surface area (Å²) >= 11 is 0. The van der Waals surface area contributed by atoms with Crippen molar-refractivity contribution in [3.8, 4) is 0 Å². The average molecular weight is 255 g/mol. The molecule has 0 unspecified atom stereocenters. The van der Waals surface area contributed by atoms with E-state index in [4.69, 9.17) is 0 Å². The maximum absolute atomic E-state index is 12.1. The summed E-state index contributed by atoms with van der Waals surface area (Å²) in [6, 6.07) is 5.31. The van der Waals surface area contributed by atoms with Crippen LogP contribution in [0.1, 0.15) is 24.3 Å². The lowest BCUT2D eigenvalue weighted by molar-refractivity contribution is 0.549. The van der Waals surface area contributed by atoms with Gasteiger partial charge in [0.05, 0.1) is 5.69 Å². The molecule has 17 heavy (non-hydrogen) atoms. The van der Waals surface area contributed by atoms with Crippen molar-refractivity contribution in [1.82, 2.24) is 15.0 Å². The zero-order valence-corrected chi connectivity index (χ0v) is 10.6. The first-order chi connectivity index (χ1) is 8.09. The Balaban J connectivity index is 2.09. The highest BCUT2D eigenvalue weighted by Gasteiger charge is 2.27. The molecule has 2 rings (SSSR count). The minimum Gasteiger partial charge on any atom is -0.315 e. The molecule has 1 fully saturated rings. The van der Waals surface area contributed by atoms with E-state index in [1.54, 1.807) is 31.3 Å². The summed E-state index contributed by atoms with van der Waals surface area (Å²) in [4.78, 5) is 4.08. The summed E-state index contributed by atoms with van der Waals surface area (Å²) in [6.07, 6.45) is 2.45. The molecule has 0 saturated carbocycles. The Morgan fingerprint density at radius 3 is 2.94 bits per heavy atom. The molecule has 1 saturated heterocycles. The SMILES string of the molecule is C[C@@H](c1ccccn1)S(=O)(=O)N[C@@H]1CCNC1. The number of aromatic nitrogens is 1. The van der Waals surface area contributed by atoms with Crippen molar-refractivity contribution in [2.75, 3.05) is 13.1 Å². The van der Waals surface area contributed by atoms with Gasteiger partial charge in [0.25, 0.3) is 0 Å². The predicted molar refractivity (Wildman–Crippen MR) is 66.0 cm³/mol. The smallest absolute Gasteiger partial charge is 0.220 e. The van der Waals surface area contributed by atoms with Gasteiger partial charge in [0.15, 0.2) is 0 Å². The van der Waals surface area contributed by atoms with E-state index in [1.807, 2.05) is 0 Å². The van der Waals surface area contributed by atoms with E-state index in [-0.39, 0.29) is 6.04 Å². The van der Waals surface area contributed by atoms with Crippen molar-refractivity contribution in [3.63, 3.8) is 0 Å². The van der Waals surface area contributed by atoms with E-state index in [0.717, 1.165) is 13.0 Å². The Hall–Kier alpha value is -0.980. The van der Waals surface area contributed by atoms with Crippen LogP contribution in [0.15, 0.2) is 24.4 Å². The zero-order valence-electron chi connectivity index (χ0n) is 9.76. The van der Waals surface area contributed by atoms with Crippen molar-refractivity contribution in [2.24, 2.45) is 0 Å². The van der Waals surface area contributed by atoms with E-state index >= 15 is 0 Å². The molecule has 6 heteroatoms. The van der Waals surface area contributed by atoms with Crippen molar-refractivity contribution in [1.29, 1.82) is 0 Å². The molecule has 0 aromatic carbocycles. The quantitative estimate of drug-likeness (QED) is 0.818. The number of nitrogens with one attached hydrogen (secondary N) is 2. The molecular weight excluding hydrogens is 238 g/mol. The van der Waals surface area contributed by atoms with Crippen LogP contribution in [0.5, 0.6) is 0 Å². The van der Waals surface area contributed by atoms with Gasteiger partial charge in [-0.3, -0.25) is 4.98 Å². The van der Waals surface area contributed by atoms with E-state index in [1.165, 1.54) is 0 Å². The Morgan fingerprint density at radius 2 is 2.35 bits per heavy atom. The van der Waals surface area contributed by atoms with Crippen LogP contribution in [0.3, 0.4) is 0 Å². The van der Waals surface area contributed by atoms with Crippen LogP contribution in [-0.4, -0.2) is 32.5 Å². The molecule has 1 aliphatic heterocycles. The molecule has 2 N–H and O–H groups in total. The number of sulfonamides is 1. The van der Waals surface area contributed by atoms with Crippen LogP contribution in [0.2, 0.25) is 0 Å². The summed E-state index contributed by atoms with van der Waals surface area (Å²) in [7, 11) is -3.35. The van der Waals surface area contributed by atoms with Gasteiger partial charge in [-0.1, -0.05) is 6.07 Å². The van der Waals surface area contributed by atoms with Gasteiger partial charge in [-0.05, 0) is 32.0 Å². The molecule has 2 heterocycles. The summed E-state index contributed by atoms with van der Waals surface area (Å²) in [5.74, 6) is 0. The first kappa shape index (κ1) is 12.5. The highest BCUT2D eigenvalue weighted by molar-refractivity contribution is 7.89. The first-order valence-electron chi connectivity index (χ1n) is 5.72. The number of nitrogens with zero attached hydrogens (tertiary/aromatic N) is 1. The van der Waals surface area contributed by atoms with Gasteiger partial charge in [0.1, 0.15) is 5.25 Å². The minimum absolute atomic E-state index is 0.00571. The molecule has 0 amide bonds. The Labute approximate surface area is 102 Å². The zero-order chi connectivity index (χ0) is 12.3. The third kappa shape index (κ3) is 3.02. The summed E-state index contributed by atoms with van der Waals surface area (Å²) in [6.45, 7) is 3.23. The van der Waals surface area contributed by atoms with Crippen LogP contribution in [0.25, 0.3) is 0 Å². The van der Waals surface area contributed by atoms with Gasteiger partial charge in [0.2, 0.25) is 10.0 Å². The monoisotopic (exact) mass is 255 g/mol. The molecule has 1 aromatic rings. The van der Waals surface area contributed by atoms with E-state index < -0.39 is 15.3 Å². The molecule has 94 valence electrons. The Morgan fingerprint density at radius 1 is 1.53 bits per heavy atom. The predicted octanol–water partition coefficient (Wildman–Crippen LogP) is 0.424. The minimum atomic E-state index is -3.35. The lowest BCUT2D eigenvalue weighted by atomic mass is 10.3. The molecule has 0 spiro atoms. The molecule has 0 bridgehead atoms. The topological polar surface area (TPSA) is 71.1 Å². The largest absolute Gasteiger partial charge is 0.315 e. The second-order valence-electron chi connectivity index (χ2n) is 4.25. The lowest BCUT2D eigenvalue weighted by Gasteiger charge is -2.16. The van der Waals surface area contributed by atoms with Crippen LogP contribution in [-0.2, 0) is 10.0 Å². The fourth-order valence-corrected chi connectivity index (χ4v) is 3.19. The highest BCUT2D eigenvalue weighted by atomic mass is 32.2. The van der Waals surface area contributed by atoms with Gasteiger partial charge >= 0.3 is 0 Å². The molecule has 1 aliphatic rings. The van der Waals surface area contributed by atoms with Crippen LogP contribution in [0.4, 0.5) is 0 Å². The van der Waals surface area contributed by atoms with E-state index in [0.29, 0.717) is 12.2 Å². The van der Waals surface area contributed by atoms with Crippen molar-refractivity contribution in [3.05, 3.63) is 30.1 Å². The van der Waals surface area contributed by atoms with E-state index in [2.05, 4.69) is 15.0 Å². The average Bonchev–Trinajstić information content (AvgIpc) is 2.81. The second kappa shape index (κ2) is 5.12. The maximum atomic E-state index is 12.1. The fraction of sp³-hybridized carbons (Fsp3) is 0.545. The normalized spacial score (nSPS) is 22.5. The van der Waals surface area contributed by atoms with Crippen molar-refractivity contribution >= 4 is 10.0 Å². The summed E-state index contributed by atoms with van der Waals surface area (Å²) < 4.78 is 26.9. The van der Waals surface area contributed by atoms with Crippen molar-refractivity contribution in [2.45, 2.75) is 24.6 Å².